The lowest BCUT2D eigenvalue weighted by Crippen LogP contribution is -2.43. The molecule has 1 unspecified atom stereocenters. The topological polar surface area (TPSA) is 74.8 Å². The third-order valence-electron chi connectivity index (χ3n) is 4.53. The average molecular weight is 378 g/mol. The van der Waals surface area contributed by atoms with Crippen molar-refractivity contribution in [3.8, 4) is 5.75 Å². The molecule has 7 heteroatoms. The van der Waals surface area contributed by atoms with Gasteiger partial charge in [0.1, 0.15) is 17.7 Å². The quantitative estimate of drug-likeness (QED) is 0.480. The summed E-state index contributed by atoms with van der Waals surface area (Å²) >= 11 is 0. The number of ether oxygens (including phenoxy) is 1. The lowest BCUT2D eigenvalue weighted by molar-refractivity contribution is -0.121. The van der Waals surface area contributed by atoms with Gasteiger partial charge < -0.3 is 20.7 Å². The molecule has 0 saturated heterocycles. The zero-order chi connectivity index (χ0) is 19.5. The summed E-state index contributed by atoms with van der Waals surface area (Å²) < 4.78 is 18.8. The maximum atomic E-state index is 13.2. The molecule has 1 atom stereocenters. The molecule has 0 aromatic heterocycles. The van der Waals surface area contributed by atoms with Crippen LogP contribution in [0.5, 0.6) is 5.75 Å². The Morgan fingerprint density at radius 1 is 1.30 bits per heavy atom. The summed E-state index contributed by atoms with van der Waals surface area (Å²) in [5, 5.41) is 9.38. The highest BCUT2D eigenvalue weighted by molar-refractivity contribution is 5.81. The van der Waals surface area contributed by atoms with E-state index in [2.05, 4.69) is 20.9 Å². The highest BCUT2D eigenvalue weighted by Crippen LogP contribution is 2.17. The van der Waals surface area contributed by atoms with Crippen molar-refractivity contribution in [2.24, 2.45) is 4.99 Å². The van der Waals surface area contributed by atoms with Crippen molar-refractivity contribution >= 4 is 11.9 Å². The Balaban J connectivity index is 1.62. The van der Waals surface area contributed by atoms with Gasteiger partial charge in [0.05, 0.1) is 6.54 Å². The third-order valence-corrected chi connectivity index (χ3v) is 4.53. The molecular weight excluding hydrogens is 347 g/mol. The van der Waals surface area contributed by atoms with Crippen LogP contribution in [0.25, 0.3) is 0 Å². The summed E-state index contributed by atoms with van der Waals surface area (Å²) in [5.41, 5.74) is 0. The van der Waals surface area contributed by atoms with Gasteiger partial charge in [0.2, 0.25) is 5.91 Å². The van der Waals surface area contributed by atoms with Gasteiger partial charge in [-0.15, -0.1) is 0 Å². The Hall–Kier alpha value is -2.31. The summed E-state index contributed by atoms with van der Waals surface area (Å²) in [7, 11) is 1.68. The standard InChI is InChI=1S/C20H31FN4O2/c1-15(27-18-10-6-7-16(21)13-18)14-24-20(22-2)23-12-11-19(26)25-17-8-4-3-5-9-17/h6-7,10,13,15,17H,3-5,8-9,11-12,14H2,1-2H3,(H,25,26)(H2,22,23,24). The van der Waals surface area contributed by atoms with Crippen LogP contribution in [0.4, 0.5) is 4.39 Å². The van der Waals surface area contributed by atoms with E-state index in [1.807, 2.05) is 6.92 Å². The van der Waals surface area contributed by atoms with E-state index in [0.29, 0.717) is 37.3 Å². The summed E-state index contributed by atoms with van der Waals surface area (Å²) in [6.07, 6.45) is 6.10. The number of amides is 1. The number of carbonyl (C=O) groups excluding carboxylic acids is 1. The van der Waals surface area contributed by atoms with Crippen molar-refractivity contribution in [1.82, 2.24) is 16.0 Å². The average Bonchev–Trinajstić information content (AvgIpc) is 2.65. The molecule has 6 nitrogen and oxygen atoms in total. The monoisotopic (exact) mass is 378 g/mol. The zero-order valence-electron chi connectivity index (χ0n) is 16.3. The molecule has 0 aliphatic heterocycles. The van der Waals surface area contributed by atoms with E-state index in [1.165, 1.54) is 31.4 Å². The predicted octanol–water partition coefficient (Wildman–Crippen LogP) is 2.60. The van der Waals surface area contributed by atoms with Crippen molar-refractivity contribution in [2.75, 3.05) is 20.1 Å². The first-order chi connectivity index (χ1) is 13.1. The molecule has 1 aromatic rings. The molecule has 1 aromatic carbocycles. The lowest BCUT2D eigenvalue weighted by Gasteiger charge is -2.23. The molecule has 1 aliphatic rings. The van der Waals surface area contributed by atoms with Crippen LogP contribution in [0, 0.1) is 5.82 Å². The van der Waals surface area contributed by atoms with Crippen molar-refractivity contribution in [3.63, 3.8) is 0 Å². The number of carbonyl (C=O) groups is 1. The van der Waals surface area contributed by atoms with Crippen LogP contribution in [0.1, 0.15) is 45.4 Å². The van der Waals surface area contributed by atoms with Crippen molar-refractivity contribution in [3.05, 3.63) is 30.1 Å². The van der Waals surface area contributed by atoms with Gasteiger partial charge in [0.15, 0.2) is 5.96 Å². The molecule has 27 heavy (non-hydrogen) atoms. The molecule has 0 radical (unpaired) electrons. The minimum Gasteiger partial charge on any atom is -0.489 e. The van der Waals surface area contributed by atoms with Gasteiger partial charge in [0.25, 0.3) is 0 Å². The van der Waals surface area contributed by atoms with Crippen LogP contribution in [0.15, 0.2) is 29.3 Å². The first-order valence-corrected chi connectivity index (χ1v) is 9.73. The first-order valence-electron chi connectivity index (χ1n) is 9.73. The van der Waals surface area contributed by atoms with Gasteiger partial charge in [0, 0.05) is 32.1 Å². The SMILES string of the molecule is CN=C(NCCC(=O)NC1CCCCC1)NCC(C)Oc1cccc(F)c1. The van der Waals surface area contributed by atoms with Crippen LogP contribution >= 0.6 is 0 Å². The number of nitrogens with one attached hydrogen (secondary N) is 3. The molecule has 1 amide bonds. The van der Waals surface area contributed by atoms with Crippen molar-refractivity contribution < 1.29 is 13.9 Å². The second kappa shape index (κ2) is 11.4. The Morgan fingerprint density at radius 3 is 2.78 bits per heavy atom. The molecule has 1 saturated carbocycles. The summed E-state index contributed by atoms with van der Waals surface area (Å²) in [4.78, 5) is 16.2. The van der Waals surface area contributed by atoms with Crippen LogP contribution < -0.4 is 20.7 Å². The van der Waals surface area contributed by atoms with Gasteiger partial charge in [-0.05, 0) is 31.9 Å². The van der Waals surface area contributed by atoms with E-state index in [-0.39, 0.29) is 17.8 Å². The van der Waals surface area contributed by atoms with Crippen LogP contribution in [0.2, 0.25) is 0 Å². The number of rotatable bonds is 8. The number of benzene rings is 1. The fraction of sp³-hybridized carbons (Fsp3) is 0.600. The minimum absolute atomic E-state index is 0.0765. The predicted molar refractivity (Wildman–Crippen MR) is 105 cm³/mol. The van der Waals surface area contributed by atoms with Gasteiger partial charge in [-0.1, -0.05) is 25.3 Å². The number of aliphatic imine (C=N–C) groups is 1. The van der Waals surface area contributed by atoms with E-state index >= 15 is 0 Å². The molecular formula is C20H31FN4O2. The van der Waals surface area contributed by atoms with Gasteiger partial charge in [-0.3, -0.25) is 9.79 Å². The van der Waals surface area contributed by atoms with Crippen molar-refractivity contribution in [2.45, 2.75) is 57.6 Å². The van der Waals surface area contributed by atoms with Crippen LogP contribution in [0.3, 0.4) is 0 Å². The number of hydrogen-bond acceptors (Lipinski definition) is 3. The molecule has 150 valence electrons. The fourth-order valence-electron chi connectivity index (χ4n) is 3.12. The second-order valence-corrected chi connectivity index (χ2v) is 6.92. The second-order valence-electron chi connectivity index (χ2n) is 6.92. The van der Waals surface area contributed by atoms with Crippen molar-refractivity contribution in [1.29, 1.82) is 0 Å². The summed E-state index contributed by atoms with van der Waals surface area (Å²) in [6, 6.07) is 6.41. The molecule has 2 rings (SSSR count). The summed E-state index contributed by atoms with van der Waals surface area (Å²) in [5.74, 6) is 0.853. The number of halogens is 1. The largest absolute Gasteiger partial charge is 0.489 e. The van der Waals surface area contributed by atoms with E-state index in [9.17, 15) is 9.18 Å². The van der Waals surface area contributed by atoms with E-state index in [1.54, 1.807) is 19.2 Å². The van der Waals surface area contributed by atoms with E-state index in [4.69, 9.17) is 4.74 Å². The number of nitrogens with zero attached hydrogens (tertiary/aromatic N) is 1. The Kier molecular flexibility index (Phi) is 8.87. The smallest absolute Gasteiger partial charge is 0.221 e. The molecule has 0 spiro atoms. The van der Waals surface area contributed by atoms with Crippen LogP contribution in [-0.2, 0) is 4.79 Å². The fourth-order valence-corrected chi connectivity index (χ4v) is 3.12. The summed E-state index contributed by atoms with van der Waals surface area (Å²) in [6.45, 7) is 2.91. The Bertz CT molecular complexity index is 618. The van der Waals surface area contributed by atoms with E-state index < -0.39 is 0 Å². The minimum atomic E-state index is -0.323. The molecule has 0 heterocycles. The Labute approximate surface area is 161 Å². The zero-order valence-corrected chi connectivity index (χ0v) is 16.3. The number of guanidine groups is 1. The van der Waals surface area contributed by atoms with Crippen LogP contribution in [-0.4, -0.2) is 44.1 Å². The highest BCUT2D eigenvalue weighted by atomic mass is 19.1. The van der Waals surface area contributed by atoms with Gasteiger partial charge >= 0.3 is 0 Å². The maximum Gasteiger partial charge on any atom is 0.221 e. The first kappa shape index (κ1) is 21.0. The Morgan fingerprint density at radius 2 is 2.07 bits per heavy atom. The molecule has 3 N–H and O–H groups in total. The molecule has 1 fully saturated rings. The van der Waals surface area contributed by atoms with Gasteiger partial charge in [-0.2, -0.15) is 0 Å². The van der Waals surface area contributed by atoms with E-state index in [0.717, 1.165) is 12.8 Å². The maximum absolute atomic E-state index is 13.2. The highest BCUT2D eigenvalue weighted by Gasteiger charge is 2.15. The third kappa shape index (κ3) is 8.28. The van der Waals surface area contributed by atoms with Gasteiger partial charge in [-0.25, -0.2) is 4.39 Å². The lowest BCUT2D eigenvalue weighted by atomic mass is 9.95. The normalized spacial score (nSPS) is 16.5. The number of hydrogen-bond donors (Lipinski definition) is 3. The molecule has 0 bridgehead atoms. The molecule has 1 aliphatic carbocycles.